The van der Waals surface area contributed by atoms with Crippen molar-refractivity contribution < 1.29 is 56.2 Å². The summed E-state index contributed by atoms with van der Waals surface area (Å²) in [6.07, 6.45) is 0. The molecule has 1 fully saturated rings. The van der Waals surface area contributed by atoms with Gasteiger partial charge in [0, 0.05) is 65.0 Å². The summed E-state index contributed by atoms with van der Waals surface area (Å²) < 4.78 is 37.9. The van der Waals surface area contributed by atoms with Crippen molar-refractivity contribution in [3.05, 3.63) is 273 Å². The Morgan fingerprint density at radius 3 is 0.931 bits per heavy atom. The Morgan fingerprint density at radius 2 is 0.598 bits per heavy atom. The largest absolute Gasteiger partial charge is 0.494 e. The molecule has 1 saturated heterocycles. The van der Waals surface area contributed by atoms with Crippen LogP contribution in [0.5, 0.6) is 34.5 Å². The van der Waals surface area contributed by atoms with Crippen LogP contribution >= 0.6 is 0 Å². The predicted octanol–water partition coefficient (Wildman–Crippen LogP) is 20.4. The fourth-order valence-electron chi connectivity index (χ4n) is 11.8. The summed E-state index contributed by atoms with van der Waals surface area (Å²) in [7, 11) is -0.375. The van der Waals surface area contributed by atoms with Gasteiger partial charge in [-0.1, -0.05) is 195 Å². The maximum Gasteiger partial charge on any atom is 0.494 e. The Morgan fingerprint density at radius 1 is 0.310 bits per heavy atom. The molecule has 8 nitrogen and oxygen atoms in total. The zero-order valence-electron chi connectivity index (χ0n) is 50.8. The van der Waals surface area contributed by atoms with E-state index in [0.29, 0.717) is 0 Å². The van der Waals surface area contributed by atoms with Crippen molar-refractivity contribution >= 4 is 78.0 Å². The molecule has 0 atom stereocenters. The number of hydrogen-bond donors (Lipinski definition) is 0. The first kappa shape index (κ1) is 60.0. The minimum absolute atomic E-state index is 0. The monoisotopic (exact) mass is 1220 g/mol. The number of hydrogen-bond acceptors (Lipinski definition) is 5. The number of fused-ring (bicyclic) bond motifs is 15. The molecule has 14 aromatic rings. The standard InChI is InChI=1S/C24H22BNO3.2C19H13NO.2C6H6.C2H6.CH3.Y/c1-23(2)24(3,4)29-25(28-23)15-12-13-18-17(14-15)16-8-7-11-21-22(16)26(18)19-9-5-6-10-20(19)27-21;2*1-12-9-10-15-14(11-12)13-5-4-8-18-19(13)20(15)16-6-2-3-7-17(16)21-18;2*1-2-4-6-5-3-1;1-2;;/h5-14H,1-4H3;2*2-11H,1H3;2*1-6H;1-2H3;1H3;/q;;;;;;-1;. The van der Waals surface area contributed by atoms with Crippen LogP contribution in [0, 0.1) is 21.3 Å². The Bertz CT molecular complexity index is 4510. The molecule has 0 aliphatic carbocycles. The van der Waals surface area contributed by atoms with E-state index >= 15 is 0 Å². The third-order valence-electron chi connectivity index (χ3n) is 16.4. The summed E-state index contributed by atoms with van der Waals surface area (Å²) in [5.74, 6) is 5.45. The van der Waals surface area contributed by atoms with Crippen LogP contribution in [0.1, 0.15) is 52.7 Å². The molecule has 0 spiro atoms. The van der Waals surface area contributed by atoms with Gasteiger partial charge in [-0.3, -0.25) is 0 Å². The van der Waals surface area contributed by atoms with E-state index in [1.165, 1.54) is 54.5 Å². The summed E-state index contributed by atoms with van der Waals surface area (Å²) in [6.45, 7) is 16.6. The fraction of sp³-hybridized carbons (Fsp3) is 0.130. The zero-order chi connectivity index (χ0) is 58.4. The molecule has 429 valence electrons. The molecule has 0 saturated carbocycles. The Kier molecular flexibility index (Phi) is 17.2. The second-order valence-corrected chi connectivity index (χ2v) is 22.4. The first-order valence-corrected chi connectivity index (χ1v) is 29.3. The summed E-state index contributed by atoms with van der Waals surface area (Å²) in [6, 6.07) is 87.1. The van der Waals surface area contributed by atoms with E-state index in [9.17, 15) is 0 Å². The van der Waals surface area contributed by atoms with Crippen LogP contribution in [0.4, 0.5) is 0 Å². The topological polar surface area (TPSA) is 60.9 Å². The first-order valence-electron chi connectivity index (χ1n) is 29.3. The molecule has 87 heavy (non-hydrogen) atoms. The molecule has 10 heteroatoms. The Hall–Kier alpha value is -8.69. The molecular formula is C77H69BN3O5Y-. The van der Waals surface area contributed by atoms with Crippen LogP contribution in [0.3, 0.4) is 0 Å². The predicted molar refractivity (Wildman–Crippen MR) is 358 cm³/mol. The minimum atomic E-state index is -0.375. The van der Waals surface area contributed by atoms with Crippen molar-refractivity contribution in [3.8, 4) is 51.6 Å². The molecule has 18 rings (SSSR count). The van der Waals surface area contributed by atoms with E-state index in [4.69, 9.17) is 23.5 Å². The number of aromatic nitrogens is 3. The minimum Gasteiger partial charge on any atom is -0.453 e. The van der Waals surface area contributed by atoms with Gasteiger partial charge < -0.3 is 44.6 Å². The second kappa shape index (κ2) is 25.0. The first-order chi connectivity index (χ1) is 41.5. The van der Waals surface area contributed by atoms with Crippen molar-refractivity contribution in [2.45, 2.75) is 66.6 Å². The van der Waals surface area contributed by atoms with Crippen molar-refractivity contribution in [3.63, 3.8) is 0 Å². The molecule has 0 N–H and O–H groups in total. The van der Waals surface area contributed by atoms with Crippen molar-refractivity contribution in [2.75, 3.05) is 0 Å². The van der Waals surface area contributed by atoms with Gasteiger partial charge in [0.25, 0.3) is 0 Å². The van der Waals surface area contributed by atoms with Crippen LogP contribution < -0.4 is 19.7 Å². The summed E-state index contributed by atoms with van der Waals surface area (Å²) in [5, 5.41) is 7.42. The van der Waals surface area contributed by atoms with E-state index in [2.05, 4.69) is 177 Å². The van der Waals surface area contributed by atoms with Gasteiger partial charge in [0.2, 0.25) is 0 Å². The van der Waals surface area contributed by atoms with Gasteiger partial charge in [0.1, 0.15) is 0 Å². The molecule has 3 aromatic heterocycles. The average Bonchev–Trinajstić information content (AvgIpc) is 1.65. The smallest absolute Gasteiger partial charge is 0.453 e. The molecule has 11 aromatic carbocycles. The molecule has 4 aliphatic heterocycles. The molecule has 4 aliphatic rings. The van der Waals surface area contributed by atoms with Crippen LogP contribution in [-0.4, -0.2) is 32.0 Å². The second-order valence-electron chi connectivity index (χ2n) is 22.4. The number of rotatable bonds is 1. The molecule has 0 bridgehead atoms. The number of aryl methyl sites for hydroxylation is 2. The Labute approximate surface area is 535 Å². The summed E-state index contributed by atoms with van der Waals surface area (Å²) in [5.41, 5.74) is 13.2. The third-order valence-corrected chi connectivity index (χ3v) is 16.4. The third kappa shape index (κ3) is 10.9. The SMILES string of the molecule is CC.CC1(C)OB(c2ccc3c(c2)c2cccc4c2n3-c2ccccc2O4)OC1(C)C.Cc1ccc2c(c1)c1cccc3c1n2-c1ccccc1O3.Cc1ccc2c(c1)c1cccc3c1n2-c1ccccc1O3.[CH3-].[Y].c1ccccc1.c1ccccc1. The van der Waals surface area contributed by atoms with Gasteiger partial charge in [0.15, 0.2) is 34.5 Å². The normalized spacial score (nSPS) is 13.4. The van der Waals surface area contributed by atoms with E-state index in [1.54, 1.807) is 0 Å². The molecular weight excluding hydrogens is 1150 g/mol. The zero-order valence-corrected chi connectivity index (χ0v) is 53.6. The quantitative estimate of drug-likeness (QED) is 0.121. The molecule has 0 unspecified atom stereocenters. The van der Waals surface area contributed by atoms with Gasteiger partial charge in [-0.15, -0.1) is 0 Å². The van der Waals surface area contributed by atoms with Gasteiger partial charge in [0.05, 0.1) is 61.4 Å². The number of benzene rings is 11. The van der Waals surface area contributed by atoms with Gasteiger partial charge in [-0.25, -0.2) is 0 Å². The van der Waals surface area contributed by atoms with Crippen molar-refractivity contribution in [2.24, 2.45) is 0 Å². The molecule has 7 heterocycles. The van der Waals surface area contributed by atoms with E-state index in [-0.39, 0.29) is 58.5 Å². The van der Waals surface area contributed by atoms with Gasteiger partial charge in [-0.2, -0.15) is 0 Å². The fourth-order valence-corrected chi connectivity index (χ4v) is 11.8. The van der Waals surface area contributed by atoms with Crippen LogP contribution in [0.15, 0.2) is 255 Å². The Balaban J connectivity index is 0.000000122. The van der Waals surface area contributed by atoms with Gasteiger partial charge in [-0.05, 0) is 132 Å². The maximum atomic E-state index is 6.28. The number of nitrogens with zero attached hydrogens (tertiary/aromatic N) is 3. The van der Waals surface area contributed by atoms with Crippen molar-refractivity contribution in [1.82, 2.24) is 13.7 Å². The summed E-state index contributed by atoms with van der Waals surface area (Å²) >= 11 is 0. The van der Waals surface area contributed by atoms with E-state index < -0.39 is 0 Å². The van der Waals surface area contributed by atoms with Crippen LogP contribution in [-0.2, 0) is 42.0 Å². The van der Waals surface area contributed by atoms with Crippen LogP contribution in [0.2, 0.25) is 0 Å². The van der Waals surface area contributed by atoms with E-state index in [1.807, 2.05) is 147 Å². The average molecular weight is 1220 g/mol. The van der Waals surface area contributed by atoms with Gasteiger partial charge >= 0.3 is 7.12 Å². The van der Waals surface area contributed by atoms with E-state index in [0.717, 1.165) is 79.1 Å². The van der Waals surface area contributed by atoms with Crippen LogP contribution in [0.25, 0.3) is 82.5 Å². The molecule has 1 radical (unpaired) electrons. The maximum absolute atomic E-state index is 6.28. The van der Waals surface area contributed by atoms with Crippen molar-refractivity contribution in [1.29, 1.82) is 0 Å². The molecule has 0 amide bonds. The summed E-state index contributed by atoms with van der Waals surface area (Å²) in [4.78, 5) is 0. The number of ether oxygens (including phenoxy) is 3. The number of para-hydroxylation sites is 9.